The van der Waals surface area contributed by atoms with Crippen LogP contribution in [0.3, 0.4) is 0 Å². The molecule has 0 saturated carbocycles. The zero-order valence-electron chi connectivity index (χ0n) is 10.2. The molecule has 18 heavy (non-hydrogen) atoms. The largest absolute Gasteiger partial charge is 0.399 e. The third-order valence-corrected chi connectivity index (χ3v) is 3.25. The van der Waals surface area contributed by atoms with Crippen LogP contribution >= 0.6 is 0 Å². The number of hydrogen-bond donors (Lipinski definition) is 1. The van der Waals surface area contributed by atoms with Crippen LogP contribution in [0.2, 0.25) is 0 Å². The highest BCUT2D eigenvalue weighted by atomic mass is 16.5. The van der Waals surface area contributed by atoms with E-state index in [1.807, 2.05) is 29.8 Å². The molecule has 1 saturated heterocycles. The molecule has 1 atom stereocenters. The lowest BCUT2D eigenvalue weighted by Gasteiger charge is -2.11. The summed E-state index contributed by atoms with van der Waals surface area (Å²) in [5.41, 5.74) is 8.64. The molecular weight excluding hydrogens is 230 g/mol. The fourth-order valence-electron chi connectivity index (χ4n) is 2.21. The molecule has 0 aliphatic carbocycles. The van der Waals surface area contributed by atoms with Crippen LogP contribution in [0, 0.1) is 6.92 Å². The lowest BCUT2D eigenvalue weighted by molar-refractivity contribution is 0.184. The van der Waals surface area contributed by atoms with Gasteiger partial charge in [0.2, 0.25) is 0 Å². The Labute approximate surface area is 105 Å². The number of aryl methyl sites for hydroxylation is 1. The van der Waals surface area contributed by atoms with Gasteiger partial charge in [0.15, 0.2) is 5.82 Å². The highest BCUT2D eigenvalue weighted by Crippen LogP contribution is 2.27. The predicted octanol–water partition coefficient (Wildman–Crippen LogP) is 1.19. The van der Waals surface area contributed by atoms with E-state index >= 15 is 0 Å². The second-order valence-corrected chi connectivity index (χ2v) is 4.54. The first-order chi connectivity index (χ1) is 8.75. The van der Waals surface area contributed by atoms with E-state index in [1.165, 1.54) is 0 Å². The SMILES string of the molecule is Cc1ccc(N)cc1-c1nnnn1C1CCOC1. The molecule has 1 aromatic carbocycles. The highest BCUT2D eigenvalue weighted by Gasteiger charge is 2.23. The molecule has 1 aromatic heterocycles. The predicted molar refractivity (Wildman–Crippen MR) is 66.9 cm³/mol. The normalized spacial score (nSPS) is 19.3. The molecular formula is C12H15N5O. The zero-order chi connectivity index (χ0) is 12.5. The lowest BCUT2D eigenvalue weighted by Crippen LogP contribution is -2.12. The van der Waals surface area contributed by atoms with Crippen LogP contribution in [0.1, 0.15) is 18.0 Å². The van der Waals surface area contributed by atoms with Crippen molar-refractivity contribution in [1.29, 1.82) is 0 Å². The Bertz CT molecular complexity index is 559. The van der Waals surface area contributed by atoms with E-state index in [-0.39, 0.29) is 6.04 Å². The van der Waals surface area contributed by atoms with E-state index in [0.29, 0.717) is 12.3 Å². The molecule has 1 aliphatic rings. The van der Waals surface area contributed by atoms with Gasteiger partial charge in [0.25, 0.3) is 0 Å². The van der Waals surface area contributed by atoms with Crippen molar-refractivity contribution in [3.05, 3.63) is 23.8 Å². The van der Waals surface area contributed by atoms with E-state index in [0.717, 1.165) is 30.0 Å². The first-order valence-electron chi connectivity index (χ1n) is 5.98. The smallest absolute Gasteiger partial charge is 0.182 e. The molecule has 0 radical (unpaired) electrons. The van der Waals surface area contributed by atoms with Crippen molar-refractivity contribution in [2.45, 2.75) is 19.4 Å². The van der Waals surface area contributed by atoms with Crippen molar-refractivity contribution in [2.24, 2.45) is 0 Å². The maximum atomic E-state index is 5.83. The summed E-state index contributed by atoms with van der Waals surface area (Å²) in [6, 6.07) is 5.99. The molecule has 1 unspecified atom stereocenters. The van der Waals surface area contributed by atoms with E-state index in [2.05, 4.69) is 15.5 Å². The summed E-state index contributed by atoms with van der Waals surface area (Å²) in [5, 5.41) is 12.0. The molecule has 3 rings (SSSR count). The first kappa shape index (κ1) is 11.2. The Morgan fingerprint density at radius 1 is 1.44 bits per heavy atom. The Hall–Kier alpha value is -1.95. The maximum Gasteiger partial charge on any atom is 0.182 e. The minimum Gasteiger partial charge on any atom is -0.399 e. The fraction of sp³-hybridized carbons (Fsp3) is 0.417. The summed E-state index contributed by atoms with van der Waals surface area (Å²) < 4.78 is 7.23. The zero-order valence-corrected chi connectivity index (χ0v) is 10.2. The van der Waals surface area contributed by atoms with Crippen LogP contribution in [0.4, 0.5) is 5.69 Å². The average Bonchev–Trinajstić information content (AvgIpc) is 3.00. The first-order valence-corrected chi connectivity index (χ1v) is 5.98. The molecule has 6 heteroatoms. The Kier molecular flexibility index (Phi) is 2.71. The number of nitrogens with zero attached hydrogens (tertiary/aromatic N) is 4. The molecule has 6 nitrogen and oxygen atoms in total. The minimum absolute atomic E-state index is 0.218. The number of benzene rings is 1. The number of ether oxygens (including phenoxy) is 1. The van der Waals surface area contributed by atoms with E-state index in [1.54, 1.807) is 0 Å². The molecule has 2 aromatic rings. The summed E-state index contributed by atoms with van der Waals surface area (Å²) in [6.07, 6.45) is 0.944. The van der Waals surface area contributed by atoms with Crippen molar-refractivity contribution < 1.29 is 4.74 Å². The van der Waals surface area contributed by atoms with Gasteiger partial charge in [-0.25, -0.2) is 4.68 Å². The topological polar surface area (TPSA) is 78.9 Å². The van der Waals surface area contributed by atoms with Crippen molar-refractivity contribution in [1.82, 2.24) is 20.2 Å². The van der Waals surface area contributed by atoms with Gasteiger partial charge in [0, 0.05) is 17.9 Å². The molecule has 0 bridgehead atoms. The third kappa shape index (κ3) is 1.84. The summed E-state index contributed by atoms with van der Waals surface area (Å²) >= 11 is 0. The van der Waals surface area contributed by atoms with E-state index in [9.17, 15) is 0 Å². The highest BCUT2D eigenvalue weighted by molar-refractivity contribution is 5.65. The average molecular weight is 245 g/mol. The number of hydrogen-bond acceptors (Lipinski definition) is 5. The molecule has 94 valence electrons. The van der Waals surface area contributed by atoms with E-state index in [4.69, 9.17) is 10.5 Å². The third-order valence-electron chi connectivity index (χ3n) is 3.25. The van der Waals surface area contributed by atoms with Crippen LogP contribution in [-0.2, 0) is 4.74 Å². The Morgan fingerprint density at radius 3 is 3.11 bits per heavy atom. The number of aromatic nitrogens is 4. The number of anilines is 1. The molecule has 0 amide bonds. The summed E-state index contributed by atoms with van der Waals surface area (Å²) in [5.74, 6) is 0.760. The van der Waals surface area contributed by atoms with Crippen LogP contribution in [0.5, 0.6) is 0 Å². The second-order valence-electron chi connectivity index (χ2n) is 4.54. The standard InChI is InChI=1S/C12H15N5O/c1-8-2-3-9(13)6-11(8)12-14-15-16-17(12)10-4-5-18-7-10/h2-3,6,10H,4-5,7,13H2,1H3. The second kappa shape index (κ2) is 4.38. The van der Waals surface area contributed by atoms with Gasteiger partial charge in [0.1, 0.15) is 0 Å². The van der Waals surface area contributed by atoms with Crippen LogP contribution in [0.25, 0.3) is 11.4 Å². The van der Waals surface area contributed by atoms with Crippen molar-refractivity contribution in [2.75, 3.05) is 18.9 Å². The Balaban J connectivity index is 2.06. The van der Waals surface area contributed by atoms with Gasteiger partial charge in [-0.1, -0.05) is 6.07 Å². The summed E-state index contributed by atoms with van der Waals surface area (Å²) in [6.45, 7) is 3.46. The van der Waals surface area contributed by atoms with Gasteiger partial charge in [0.05, 0.1) is 12.6 Å². The van der Waals surface area contributed by atoms with Gasteiger partial charge in [-0.05, 0) is 41.5 Å². The molecule has 0 spiro atoms. The van der Waals surface area contributed by atoms with Crippen LogP contribution < -0.4 is 5.73 Å². The van der Waals surface area contributed by atoms with Crippen molar-refractivity contribution >= 4 is 5.69 Å². The van der Waals surface area contributed by atoms with Crippen molar-refractivity contribution in [3.63, 3.8) is 0 Å². The van der Waals surface area contributed by atoms with Crippen molar-refractivity contribution in [3.8, 4) is 11.4 Å². The van der Waals surface area contributed by atoms with Crippen LogP contribution in [0.15, 0.2) is 18.2 Å². The van der Waals surface area contributed by atoms with Gasteiger partial charge in [-0.2, -0.15) is 0 Å². The van der Waals surface area contributed by atoms with Gasteiger partial charge >= 0.3 is 0 Å². The minimum atomic E-state index is 0.218. The number of nitrogens with two attached hydrogens (primary N) is 1. The molecule has 1 fully saturated rings. The fourth-order valence-corrected chi connectivity index (χ4v) is 2.21. The summed E-state index contributed by atoms with van der Waals surface area (Å²) in [4.78, 5) is 0. The lowest BCUT2D eigenvalue weighted by atomic mass is 10.1. The molecule has 2 heterocycles. The quantitative estimate of drug-likeness (QED) is 0.804. The van der Waals surface area contributed by atoms with Gasteiger partial charge in [-0.15, -0.1) is 5.10 Å². The van der Waals surface area contributed by atoms with Gasteiger partial charge in [-0.3, -0.25) is 0 Å². The number of tetrazole rings is 1. The number of rotatable bonds is 2. The monoisotopic (exact) mass is 245 g/mol. The van der Waals surface area contributed by atoms with Crippen LogP contribution in [-0.4, -0.2) is 33.4 Å². The maximum absolute atomic E-state index is 5.83. The molecule has 2 N–H and O–H groups in total. The number of nitrogen functional groups attached to an aromatic ring is 1. The molecule has 1 aliphatic heterocycles. The van der Waals surface area contributed by atoms with E-state index < -0.39 is 0 Å². The van der Waals surface area contributed by atoms with Gasteiger partial charge < -0.3 is 10.5 Å². The summed E-state index contributed by atoms with van der Waals surface area (Å²) in [7, 11) is 0. The Morgan fingerprint density at radius 2 is 2.33 bits per heavy atom.